The molecule has 7 nitrogen and oxygen atoms in total. The number of amides is 1. The van der Waals surface area contributed by atoms with E-state index >= 15 is 0 Å². The maximum Gasteiger partial charge on any atom is 0.325 e. The third-order valence-electron chi connectivity index (χ3n) is 3.53. The van der Waals surface area contributed by atoms with Crippen LogP contribution in [0, 0.1) is 0 Å². The molecule has 0 unspecified atom stereocenters. The number of carbonyl (C=O) groups excluding carboxylic acids is 2. The maximum atomic E-state index is 12.0. The van der Waals surface area contributed by atoms with Gasteiger partial charge in [0.2, 0.25) is 10.0 Å². The standard InChI is InChI=1S/C18H20N2O5S/c1-20(2)26(23,24)16-10-8-15(9-11-16)18(22)19-12-17(21)25-13-14-6-4-3-5-7-14/h3-11H,12-13H2,1-2H3,(H,19,22). The van der Waals surface area contributed by atoms with Crippen molar-refractivity contribution in [2.24, 2.45) is 0 Å². The summed E-state index contributed by atoms with van der Waals surface area (Å²) < 4.78 is 30.1. The number of nitrogens with zero attached hydrogens (tertiary/aromatic N) is 1. The molecule has 0 aliphatic heterocycles. The quantitative estimate of drug-likeness (QED) is 0.738. The predicted molar refractivity (Wildman–Crippen MR) is 95.9 cm³/mol. The van der Waals surface area contributed by atoms with Gasteiger partial charge in [-0.1, -0.05) is 30.3 Å². The van der Waals surface area contributed by atoms with Crippen molar-refractivity contribution >= 4 is 21.9 Å². The molecule has 1 amide bonds. The Morgan fingerprint density at radius 1 is 1.00 bits per heavy atom. The number of hydrogen-bond donors (Lipinski definition) is 1. The molecule has 26 heavy (non-hydrogen) atoms. The van der Waals surface area contributed by atoms with E-state index in [9.17, 15) is 18.0 Å². The van der Waals surface area contributed by atoms with Crippen LogP contribution in [0.4, 0.5) is 0 Å². The average molecular weight is 376 g/mol. The smallest absolute Gasteiger partial charge is 0.325 e. The van der Waals surface area contributed by atoms with Crippen molar-refractivity contribution in [3.8, 4) is 0 Å². The second-order valence-electron chi connectivity index (χ2n) is 5.64. The third-order valence-corrected chi connectivity index (χ3v) is 5.36. The zero-order valence-corrected chi connectivity index (χ0v) is 15.3. The zero-order valence-electron chi connectivity index (χ0n) is 14.5. The van der Waals surface area contributed by atoms with Crippen LogP contribution in [0.3, 0.4) is 0 Å². The van der Waals surface area contributed by atoms with Crippen molar-refractivity contribution in [2.45, 2.75) is 11.5 Å². The Morgan fingerprint density at radius 3 is 2.19 bits per heavy atom. The molecule has 138 valence electrons. The molecule has 0 spiro atoms. The molecule has 0 atom stereocenters. The molecular weight excluding hydrogens is 356 g/mol. The number of ether oxygens (including phenoxy) is 1. The monoisotopic (exact) mass is 376 g/mol. The first-order valence-electron chi connectivity index (χ1n) is 7.81. The Labute approximate surface area is 152 Å². The van der Waals surface area contributed by atoms with Crippen molar-refractivity contribution in [1.29, 1.82) is 0 Å². The summed E-state index contributed by atoms with van der Waals surface area (Å²) in [5.74, 6) is -1.05. The largest absolute Gasteiger partial charge is 0.460 e. The van der Waals surface area contributed by atoms with Gasteiger partial charge in [-0.15, -0.1) is 0 Å². The highest BCUT2D eigenvalue weighted by Crippen LogP contribution is 2.13. The van der Waals surface area contributed by atoms with E-state index < -0.39 is 21.9 Å². The van der Waals surface area contributed by atoms with Gasteiger partial charge >= 0.3 is 5.97 Å². The molecule has 0 saturated heterocycles. The van der Waals surface area contributed by atoms with Gasteiger partial charge < -0.3 is 10.1 Å². The van der Waals surface area contributed by atoms with Gasteiger partial charge in [-0.25, -0.2) is 12.7 Å². The second kappa shape index (κ2) is 8.59. The molecular formula is C18H20N2O5S. The van der Waals surface area contributed by atoms with Gasteiger partial charge in [-0.3, -0.25) is 9.59 Å². The van der Waals surface area contributed by atoms with Crippen molar-refractivity contribution in [2.75, 3.05) is 20.6 Å². The van der Waals surface area contributed by atoms with Crippen LogP contribution in [-0.4, -0.2) is 45.2 Å². The first kappa shape index (κ1) is 19.6. The topological polar surface area (TPSA) is 92.8 Å². The fraction of sp³-hybridized carbons (Fsp3) is 0.222. The fourth-order valence-electron chi connectivity index (χ4n) is 2.03. The summed E-state index contributed by atoms with van der Waals surface area (Å²) in [4.78, 5) is 23.8. The highest BCUT2D eigenvalue weighted by molar-refractivity contribution is 7.89. The molecule has 1 N–H and O–H groups in total. The van der Waals surface area contributed by atoms with E-state index in [1.165, 1.54) is 38.4 Å². The Balaban J connectivity index is 1.87. The van der Waals surface area contributed by atoms with E-state index in [1.54, 1.807) is 0 Å². The molecule has 2 aromatic rings. The average Bonchev–Trinajstić information content (AvgIpc) is 2.65. The second-order valence-corrected chi connectivity index (χ2v) is 7.79. The van der Waals surface area contributed by atoms with Crippen LogP contribution in [0.1, 0.15) is 15.9 Å². The zero-order chi connectivity index (χ0) is 19.2. The number of sulfonamides is 1. The third kappa shape index (κ3) is 5.14. The van der Waals surface area contributed by atoms with Crippen LogP contribution in [0.5, 0.6) is 0 Å². The number of hydrogen-bond acceptors (Lipinski definition) is 5. The summed E-state index contributed by atoms with van der Waals surface area (Å²) in [6.45, 7) is -0.143. The number of rotatable bonds is 7. The number of nitrogens with one attached hydrogen (secondary N) is 1. The van der Waals surface area contributed by atoms with Crippen LogP contribution < -0.4 is 5.32 Å². The molecule has 0 saturated carbocycles. The lowest BCUT2D eigenvalue weighted by atomic mass is 10.2. The van der Waals surface area contributed by atoms with E-state index in [0.717, 1.165) is 9.87 Å². The summed E-state index contributed by atoms with van der Waals surface area (Å²) in [5.41, 5.74) is 1.10. The molecule has 0 aliphatic rings. The van der Waals surface area contributed by atoms with E-state index in [4.69, 9.17) is 4.74 Å². The van der Waals surface area contributed by atoms with Crippen LogP contribution in [0.15, 0.2) is 59.5 Å². The van der Waals surface area contributed by atoms with Crippen molar-refractivity contribution in [1.82, 2.24) is 9.62 Å². The van der Waals surface area contributed by atoms with Crippen LogP contribution >= 0.6 is 0 Å². The van der Waals surface area contributed by atoms with Crippen molar-refractivity contribution in [3.05, 3.63) is 65.7 Å². The normalized spacial score (nSPS) is 11.2. The van der Waals surface area contributed by atoms with Crippen LogP contribution in [0.25, 0.3) is 0 Å². The van der Waals surface area contributed by atoms with Gasteiger partial charge in [0.25, 0.3) is 5.91 Å². The van der Waals surface area contributed by atoms with Gasteiger partial charge in [0.15, 0.2) is 0 Å². The molecule has 8 heteroatoms. The highest BCUT2D eigenvalue weighted by Gasteiger charge is 2.17. The molecule has 0 aliphatic carbocycles. The van der Waals surface area contributed by atoms with Crippen LogP contribution in [0.2, 0.25) is 0 Å². The van der Waals surface area contributed by atoms with E-state index in [1.807, 2.05) is 30.3 Å². The fourth-order valence-corrected chi connectivity index (χ4v) is 2.93. The Bertz CT molecular complexity index is 862. The molecule has 0 bridgehead atoms. The lowest BCUT2D eigenvalue weighted by Crippen LogP contribution is -2.30. The number of benzene rings is 2. The van der Waals surface area contributed by atoms with Gasteiger partial charge in [0.1, 0.15) is 13.2 Å². The molecule has 2 rings (SSSR count). The molecule has 0 fully saturated rings. The van der Waals surface area contributed by atoms with Gasteiger partial charge in [-0.2, -0.15) is 0 Å². The van der Waals surface area contributed by atoms with Gasteiger partial charge in [0, 0.05) is 19.7 Å². The molecule has 0 aromatic heterocycles. The minimum atomic E-state index is -3.55. The Morgan fingerprint density at radius 2 is 1.62 bits per heavy atom. The van der Waals surface area contributed by atoms with E-state index in [-0.39, 0.29) is 23.6 Å². The van der Waals surface area contributed by atoms with E-state index in [0.29, 0.717) is 0 Å². The summed E-state index contributed by atoms with van der Waals surface area (Å²) in [6, 6.07) is 14.7. The SMILES string of the molecule is CN(C)S(=O)(=O)c1ccc(C(=O)NCC(=O)OCc2ccccc2)cc1. The van der Waals surface area contributed by atoms with Gasteiger partial charge in [-0.05, 0) is 29.8 Å². The summed E-state index contributed by atoms with van der Waals surface area (Å²) >= 11 is 0. The summed E-state index contributed by atoms with van der Waals surface area (Å²) in [7, 11) is -0.696. The number of esters is 1. The summed E-state index contributed by atoms with van der Waals surface area (Å²) in [6.07, 6.45) is 0. The Hall–Kier alpha value is -2.71. The minimum Gasteiger partial charge on any atom is -0.460 e. The summed E-state index contributed by atoms with van der Waals surface area (Å²) in [5, 5.41) is 2.44. The first-order valence-corrected chi connectivity index (χ1v) is 9.25. The van der Waals surface area contributed by atoms with Crippen LogP contribution in [-0.2, 0) is 26.2 Å². The first-order chi connectivity index (χ1) is 12.3. The van der Waals surface area contributed by atoms with Crippen molar-refractivity contribution < 1.29 is 22.7 Å². The van der Waals surface area contributed by atoms with Gasteiger partial charge in [0.05, 0.1) is 4.90 Å². The maximum absolute atomic E-state index is 12.0. The lowest BCUT2D eigenvalue weighted by Gasteiger charge is -2.11. The molecule has 0 heterocycles. The lowest BCUT2D eigenvalue weighted by molar-refractivity contribution is -0.143. The Kier molecular flexibility index (Phi) is 6.48. The minimum absolute atomic E-state index is 0.0846. The molecule has 0 radical (unpaired) electrons. The number of carbonyl (C=O) groups is 2. The van der Waals surface area contributed by atoms with E-state index in [2.05, 4.69) is 5.32 Å². The highest BCUT2D eigenvalue weighted by atomic mass is 32.2. The molecule has 2 aromatic carbocycles. The predicted octanol–water partition coefficient (Wildman–Crippen LogP) is 1.41. The van der Waals surface area contributed by atoms with Crippen molar-refractivity contribution in [3.63, 3.8) is 0 Å².